The van der Waals surface area contributed by atoms with Crippen molar-refractivity contribution in [3.8, 4) is 17.1 Å². The molecule has 3 aromatic rings. The molecule has 0 saturated carbocycles. The quantitative estimate of drug-likeness (QED) is 0.500. The Labute approximate surface area is 171 Å². The molecule has 1 saturated heterocycles. The highest BCUT2D eigenvalue weighted by atomic mass is 16.5. The maximum atomic E-state index is 7.84. The van der Waals surface area contributed by atoms with E-state index in [9.17, 15) is 0 Å². The number of hydrogen-bond acceptors (Lipinski definition) is 4. The summed E-state index contributed by atoms with van der Waals surface area (Å²) in [6.07, 6.45) is 6.06. The predicted octanol–water partition coefficient (Wildman–Crippen LogP) is 3.36. The van der Waals surface area contributed by atoms with Crippen molar-refractivity contribution in [2.45, 2.75) is 25.5 Å². The van der Waals surface area contributed by atoms with Gasteiger partial charge in [-0.05, 0) is 37.6 Å². The van der Waals surface area contributed by atoms with Gasteiger partial charge >= 0.3 is 0 Å². The summed E-state index contributed by atoms with van der Waals surface area (Å²) in [6.45, 7) is 2.71. The molecule has 0 bridgehead atoms. The number of nitrogens with one attached hydrogen (secondary N) is 1. The molecular formula is C23H27N5O. The van der Waals surface area contributed by atoms with Crippen molar-refractivity contribution in [1.82, 2.24) is 14.5 Å². The van der Waals surface area contributed by atoms with Crippen LogP contribution < -0.4 is 10.5 Å². The summed E-state index contributed by atoms with van der Waals surface area (Å²) in [5.41, 5.74) is 8.50. The summed E-state index contributed by atoms with van der Waals surface area (Å²) in [6, 6.07) is 15.9. The monoisotopic (exact) mass is 389 g/mol. The first-order valence-electron chi connectivity index (χ1n) is 10.00. The number of para-hydroxylation sites is 1. The van der Waals surface area contributed by atoms with Gasteiger partial charge in [-0.25, -0.2) is 4.98 Å². The van der Waals surface area contributed by atoms with Crippen molar-refractivity contribution in [3.63, 3.8) is 0 Å². The Morgan fingerprint density at radius 3 is 2.66 bits per heavy atom. The second-order valence-electron chi connectivity index (χ2n) is 7.57. The Hall–Kier alpha value is -3.12. The number of imidazole rings is 1. The van der Waals surface area contributed by atoms with Gasteiger partial charge in [0.25, 0.3) is 0 Å². The normalized spacial score (nSPS) is 15.3. The molecule has 150 valence electrons. The van der Waals surface area contributed by atoms with Crippen molar-refractivity contribution < 1.29 is 4.74 Å². The molecule has 0 atom stereocenters. The fourth-order valence-corrected chi connectivity index (χ4v) is 3.82. The lowest BCUT2D eigenvalue weighted by molar-refractivity contribution is 0.115. The van der Waals surface area contributed by atoms with Crippen LogP contribution in [0, 0.1) is 5.41 Å². The van der Waals surface area contributed by atoms with E-state index in [1.54, 1.807) is 6.20 Å². The molecule has 2 aromatic carbocycles. The molecule has 1 aliphatic rings. The molecule has 0 amide bonds. The van der Waals surface area contributed by atoms with Gasteiger partial charge in [0.15, 0.2) is 0 Å². The number of nitrogens with two attached hydrogens (primary N) is 1. The van der Waals surface area contributed by atoms with Crippen LogP contribution in [0.3, 0.4) is 0 Å². The van der Waals surface area contributed by atoms with Crippen LogP contribution in [-0.2, 0) is 6.54 Å². The number of amidine groups is 1. The standard InChI is InChI=1S/C23H27N5O/c1-27-13-10-18(11-14-27)29-21-9-5-4-8-20(21)23-26-12-15-28(23)16-17-6-2-3-7-19(17)22(24)25/h2-9,12,15,18H,10-11,13-14,16H2,1H3,(H3,24,25). The zero-order chi connectivity index (χ0) is 20.2. The molecule has 0 aliphatic carbocycles. The van der Waals surface area contributed by atoms with Gasteiger partial charge in [-0.3, -0.25) is 5.41 Å². The van der Waals surface area contributed by atoms with Crippen LogP contribution in [0.2, 0.25) is 0 Å². The molecule has 0 unspecified atom stereocenters. The van der Waals surface area contributed by atoms with E-state index in [4.69, 9.17) is 15.9 Å². The minimum atomic E-state index is 0.0771. The maximum absolute atomic E-state index is 7.84. The van der Waals surface area contributed by atoms with E-state index in [0.717, 1.165) is 54.2 Å². The summed E-state index contributed by atoms with van der Waals surface area (Å²) < 4.78 is 8.47. The van der Waals surface area contributed by atoms with E-state index in [-0.39, 0.29) is 11.9 Å². The van der Waals surface area contributed by atoms with Crippen LogP contribution in [0.1, 0.15) is 24.0 Å². The molecule has 1 fully saturated rings. The maximum Gasteiger partial charge on any atom is 0.143 e. The molecule has 6 heteroatoms. The second-order valence-corrected chi connectivity index (χ2v) is 7.57. The third-order valence-corrected chi connectivity index (χ3v) is 5.45. The number of nitrogens with zero attached hydrogens (tertiary/aromatic N) is 3. The van der Waals surface area contributed by atoms with Crippen molar-refractivity contribution in [1.29, 1.82) is 5.41 Å². The van der Waals surface area contributed by atoms with Gasteiger partial charge in [-0.2, -0.15) is 0 Å². The second kappa shape index (κ2) is 8.49. The van der Waals surface area contributed by atoms with Gasteiger partial charge in [-0.15, -0.1) is 0 Å². The van der Waals surface area contributed by atoms with Gasteiger partial charge in [-0.1, -0.05) is 36.4 Å². The van der Waals surface area contributed by atoms with Gasteiger partial charge in [0.2, 0.25) is 0 Å². The van der Waals surface area contributed by atoms with Crippen LogP contribution in [0.25, 0.3) is 11.4 Å². The van der Waals surface area contributed by atoms with Gasteiger partial charge in [0, 0.05) is 37.6 Å². The van der Waals surface area contributed by atoms with E-state index < -0.39 is 0 Å². The molecule has 0 spiro atoms. The lowest BCUT2D eigenvalue weighted by Gasteiger charge is -2.29. The van der Waals surface area contributed by atoms with Crippen molar-refractivity contribution >= 4 is 5.84 Å². The minimum Gasteiger partial charge on any atom is -0.490 e. The molecule has 0 radical (unpaired) electrons. The Morgan fingerprint density at radius 1 is 1.14 bits per heavy atom. The Bertz CT molecular complexity index is 988. The SMILES string of the molecule is CN1CCC(Oc2ccccc2-c2nccn2Cc2ccccc2C(=N)N)CC1. The van der Waals surface area contributed by atoms with Crippen molar-refractivity contribution in [2.75, 3.05) is 20.1 Å². The van der Waals surface area contributed by atoms with E-state index in [0.29, 0.717) is 6.54 Å². The number of likely N-dealkylation sites (tertiary alicyclic amines) is 1. The third-order valence-electron chi connectivity index (χ3n) is 5.45. The lowest BCUT2D eigenvalue weighted by atomic mass is 10.1. The van der Waals surface area contributed by atoms with Crippen molar-refractivity contribution in [2.24, 2.45) is 5.73 Å². The topological polar surface area (TPSA) is 80.2 Å². The number of hydrogen-bond donors (Lipinski definition) is 2. The minimum absolute atomic E-state index is 0.0771. The molecule has 2 heterocycles. The number of piperidine rings is 1. The molecule has 1 aromatic heterocycles. The van der Waals surface area contributed by atoms with E-state index in [1.807, 2.05) is 48.7 Å². The third kappa shape index (κ3) is 4.32. The molecule has 3 N–H and O–H groups in total. The highest BCUT2D eigenvalue weighted by Gasteiger charge is 2.20. The molecule has 29 heavy (non-hydrogen) atoms. The zero-order valence-corrected chi connectivity index (χ0v) is 16.7. The lowest BCUT2D eigenvalue weighted by Crippen LogP contribution is -2.35. The summed E-state index contributed by atoms with van der Waals surface area (Å²) in [5, 5.41) is 7.84. The van der Waals surface area contributed by atoms with E-state index in [1.165, 1.54) is 0 Å². The summed E-state index contributed by atoms with van der Waals surface area (Å²) in [7, 11) is 2.15. The first kappa shape index (κ1) is 19.2. The predicted molar refractivity (Wildman–Crippen MR) is 115 cm³/mol. The highest BCUT2D eigenvalue weighted by Crippen LogP contribution is 2.31. The zero-order valence-electron chi connectivity index (χ0n) is 16.7. The Kier molecular flexibility index (Phi) is 5.62. The molecule has 6 nitrogen and oxygen atoms in total. The molecular weight excluding hydrogens is 362 g/mol. The smallest absolute Gasteiger partial charge is 0.143 e. The highest BCUT2D eigenvalue weighted by molar-refractivity contribution is 5.96. The van der Waals surface area contributed by atoms with Crippen LogP contribution in [0.5, 0.6) is 5.75 Å². The Morgan fingerprint density at radius 2 is 1.86 bits per heavy atom. The number of nitrogen functional groups attached to an aromatic ring is 1. The number of ether oxygens (including phenoxy) is 1. The first-order valence-corrected chi connectivity index (χ1v) is 10.00. The van der Waals surface area contributed by atoms with Crippen LogP contribution >= 0.6 is 0 Å². The summed E-state index contributed by atoms with van der Waals surface area (Å²) >= 11 is 0. The first-order chi connectivity index (χ1) is 14.1. The average molecular weight is 390 g/mol. The van der Waals surface area contributed by atoms with Gasteiger partial charge < -0.3 is 19.9 Å². The number of aromatic nitrogens is 2. The molecule has 4 rings (SSSR count). The van der Waals surface area contributed by atoms with Gasteiger partial charge in [0.05, 0.1) is 5.56 Å². The van der Waals surface area contributed by atoms with Gasteiger partial charge in [0.1, 0.15) is 23.5 Å². The Balaban J connectivity index is 1.61. The fourth-order valence-electron chi connectivity index (χ4n) is 3.82. The fraction of sp³-hybridized carbons (Fsp3) is 0.304. The van der Waals surface area contributed by atoms with Crippen LogP contribution in [-0.4, -0.2) is 46.5 Å². The van der Waals surface area contributed by atoms with E-state index >= 15 is 0 Å². The van der Waals surface area contributed by atoms with E-state index in [2.05, 4.69) is 27.6 Å². The van der Waals surface area contributed by atoms with Crippen LogP contribution in [0.4, 0.5) is 0 Å². The summed E-state index contributed by atoms with van der Waals surface area (Å²) in [5.74, 6) is 1.80. The largest absolute Gasteiger partial charge is 0.490 e. The van der Waals surface area contributed by atoms with Crippen LogP contribution in [0.15, 0.2) is 60.9 Å². The number of benzene rings is 2. The summed E-state index contributed by atoms with van der Waals surface area (Å²) in [4.78, 5) is 6.95. The van der Waals surface area contributed by atoms with Crippen molar-refractivity contribution in [3.05, 3.63) is 72.1 Å². The average Bonchev–Trinajstić information content (AvgIpc) is 3.18. The molecule has 1 aliphatic heterocycles. The number of rotatable bonds is 6.